The molecule has 3 rings (SSSR count). The topological polar surface area (TPSA) is 98.7 Å². The second-order valence-corrected chi connectivity index (χ2v) is 7.09. The number of amides is 3. The molecule has 0 aliphatic carbocycles. The average Bonchev–Trinajstić information content (AvgIpc) is 3.01. The van der Waals surface area contributed by atoms with Crippen LogP contribution in [0.2, 0.25) is 5.02 Å². The monoisotopic (exact) mass is 419 g/mol. The Morgan fingerprint density at radius 3 is 2.72 bits per heavy atom. The molecule has 29 heavy (non-hydrogen) atoms. The van der Waals surface area contributed by atoms with E-state index in [1.165, 1.54) is 30.1 Å². The van der Waals surface area contributed by atoms with E-state index >= 15 is 0 Å². The first-order valence-corrected chi connectivity index (χ1v) is 9.22. The summed E-state index contributed by atoms with van der Waals surface area (Å²) in [7, 11) is 1.49. The van der Waals surface area contributed by atoms with Crippen molar-refractivity contribution in [2.45, 2.75) is 18.6 Å². The van der Waals surface area contributed by atoms with Crippen LogP contribution in [0.25, 0.3) is 0 Å². The quantitative estimate of drug-likeness (QED) is 0.641. The minimum absolute atomic E-state index is 0.0991. The standard InChI is InChI=1S/C20H19ClFN3O4/c1-23-17(26)13-3-2-4-16(9-13)25-6-5-20(29,19(25)28)18(27)24-11-12-7-14(21)10-15(22)8-12/h2-4,7-10,29H,5-6,11H2,1H3,(H,23,26)(H,24,27)/t20-/m0/s1. The number of benzene rings is 2. The van der Waals surface area contributed by atoms with E-state index in [9.17, 15) is 23.9 Å². The number of carbonyl (C=O) groups excluding carboxylic acids is 3. The van der Waals surface area contributed by atoms with Crippen LogP contribution in [0.5, 0.6) is 0 Å². The molecule has 0 spiro atoms. The summed E-state index contributed by atoms with van der Waals surface area (Å²) < 4.78 is 13.4. The van der Waals surface area contributed by atoms with Crippen molar-refractivity contribution in [3.63, 3.8) is 0 Å². The second-order valence-electron chi connectivity index (χ2n) is 6.66. The highest BCUT2D eigenvalue weighted by Crippen LogP contribution is 2.29. The van der Waals surface area contributed by atoms with E-state index in [-0.39, 0.29) is 30.4 Å². The van der Waals surface area contributed by atoms with Gasteiger partial charge in [-0.25, -0.2) is 4.39 Å². The van der Waals surface area contributed by atoms with Gasteiger partial charge >= 0.3 is 0 Å². The molecule has 2 aromatic rings. The number of rotatable bonds is 5. The summed E-state index contributed by atoms with van der Waals surface area (Å²) in [5.74, 6) is -2.55. The molecule has 1 heterocycles. The lowest BCUT2D eigenvalue weighted by atomic mass is 10.0. The second kappa shape index (κ2) is 8.18. The lowest BCUT2D eigenvalue weighted by molar-refractivity contribution is -0.149. The molecule has 0 aromatic heterocycles. The Kier molecular flexibility index (Phi) is 5.86. The first kappa shape index (κ1) is 20.8. The molecule has 0 unspecified atom stereocenters. The molecule has 1 aliphatic rings. The highest BCUT2D eigenvalue weighted by Gasteiger charge is 2.51. The van der Waals surface area contributed by atoms with Crippen molar-refractivity contribution in [1.29, 1.82) is 0 Å². The summed E-state index contributed by atoms with van der Waals surface area (Å²) in [5.41, 5.74) is -1.11. The van der Waals surface area contributed by atoms with Crippen molar-refractivity contribution in [2.75, 3.05) is 18.5 Å². The minimum atomic E-state index is -2.25. The maximum Gasteiger partial charge on any atom is 0.268 e. The van der Waals surface area contributed by atoms with Crippen molar-refractivity contribution >= 4 is 35.0 Å². The molecule has 1 fully saturated rings. The smallest absolute Gasteiger partial charge is 0.268 e. The number of halogens is 2. The maximum atomic E-state index is 13.4. The van der Waals surface area contributed by atoms with Crippen LogP contribution in [0.15, 0.2) is 42.5 Å². The average molecular weight is 420 g/mol. The van der Waals surface area contributed by atoms with Gasteiger partial charge in [0.1, 0.15) is 5.82 Å². The molecule has 3 N–H and O–H groups in total. The van der Waals surface area contributed by atoms with Gasteiger partial charge in [0.05, 0.1) is 0 Å². The molecule has 0 radical (unpaired) electrons. The highest BCUT2D eigenvalue weighted by atomic mass is 35.5. The number of hydrogen-bond donors (Lipinski definition) is 3. The number of anilines is 1. The zero-order valence-electron chi connectivity index (χ0n) is 15.5. The fraction of sp³-hybridized carbons (Fsp3) is 0.250. The van der Waals surface area contributed by atoms with Crippen LogP contribution in [0.1, 0.15) is 22.3 Å². The van der Waals surface area contributed by atoms with Crippen LogP contribution >= 0.6 is 11.6 Å². The first-order chi connectivity index (χ1) is 13.7. The number of nitrogens with zero attached hydrogens (tertiary/aromatic N) is 1. The summed E-state index contributed by atoms with van der Waals surface area (Å²) in [6, 6.07) is 10.1. The molecule has 152 valence electrons. The summed E-state index contributed by atoms with van der Waals surface area (Å²) >= 11 is 5.78. The fourth-order valence-electron chi connectivity index (χ4n) is 3.16. The molecule has 1 saturated heterocycles. The molecule has 1 aliphatic heterocycles. The fourth-order valence-corrected chi connectivity index (χ4v) is 3.41. The van der Waals surface area contributed by atoms with Gasteiger partial charge in [0.25, 0.3) is 17.7 Å². The van der Waals surface area contributed by atoms with Gasteiger partial charge < -0.3 is 20.6 Å². The number of hydrogen-bond acceptors (Lipinski definition) is 4. The Morgan fingerprint density at radius 2 is 2.03 bits per heavy atom. The van der Waals surface area contributed by atoms with Gasteiger partial charge in [-0.2, -0.15) is 0 Å². The van der Waals surface area contributed by atoms with E-state index in [4.69, 9.17) is 11.6 Å². The summed E-state index contributed by atoms with van der Waals surface area (Å²) in [5, 5.41) is 15.8. The van der Waals surface area contributed by atoms with Crippen LogP contribution in [-0.4, -0.2) is 42.0 Å². The Hall–Kier alpha value is -2.97. The van der Waals surface area contributed by atoms with Gasteiger partial charge in [0.2, 0.25) is 5.60 Å². The zero-order valence-corrected chi connectivity index (χ0v) is 16.3. The van der Waals surface area contributed by atoms with Gasteiger partial charge in [-0.15, -0.1) is 0 Å². The molecular formula is C20H19ClFN3O4. The molecule has 2 aromatic carbocycles. The Labute approximate surface area is 171 Å². The van der Waals surface area contributed by atoms with Crippen LogP contribution in [0.4, 0.5) is 10.1 Å². The maximum absolute atomic E-state index is 13.4. The largest absolute Gasteiger partial charge is 0.372 e. The van der Waals surface area contributed by atoms with Crippen molar-refractivity contribution in [1.82, 2.24) is 10.6 Å². The molecule has 7 nitrogen and oxygen atoms in total. The summed E-state index contributed by atoms with van der Waals surface area (Å²) in [6.07, 6.45) is -0.119. The van der Waals surface area contributed by atoms with Crippen molar-refractivity contribution in [2.24, 2.45) is 0 Å². The van der Waals surface area contributed by atoms with E-state index in [2.05, 4.69) is 10.6 Å². The van der Waals surface area contributed by atoms with E-state index in [0.29, 0.717) is 16.8 Å². The number of carbonyl (C=O) groups is 3. The summed E-state index contributed by atoms with van der Waals surface area (Å²) in [6.45, 7) is 0.00377. The van der Waals surface area contributed by atoms with E-state index in [0.717, 1.165) is 6.07 Å². The van der Waals surface area contributed by atoms with E-state index in [1.54, 1.807) is 18.2 Å². The van der Waals surface area contributed by atoms with Gasteiger partial charge in [0.15, 0.2) is 0 Å². The van der Waals surface area contributed by atoms with Crippen molar-refractivity contribution in [3.8, 4) is 0 Å². The normalized spacial score (nSPS) is 18.6. The molecule has 0 saturated carbocycles. The Bertz CT molecular complexity index is 964. The molecule has 9 heteroatoms. The Balaban J connectivity index is 1.73. The van der Waals surface area contributed by atoms with Crippen molar-refractivity contribution in [3.05, 3.63) is 64.4 Å². The minimum Gasteiger partial charge on any atom is -0.372 e. The van der Waals surface area contributed by atoms with Crippen LogP contribution in [-0.2, 0) is 16.1 Å². The first-order valence-electron chi connectivity index (χ1n) is 8.84. The number of nitrogens with one attached hydrogen (secondary N) is 2. The van der Waals surface area contributed by atoms with Crippen LogP contribution in [0.3, 0.4) is 0 Å². The third-order valence-corrected chi connectivity index (χ3v) is 4.91. The predicted molar refractivity (Wildman–Crippen MR) is 105 cm³/mol. The predicted octanol–water partition coefficient (Wildman–Crippen LogP) is 1.62. The lowest BCUT2D eigenvalue weighted by Gasteiger charge is -2.22. The molecule has 0 bridgehead atoms. The summed E-state index contributed by atoms with van der Waals surface area (Å²) in [4.78, 5) is 38.3. The number of aliphatic hydroxyl groups is 1. The van der Waals surface area contributed by atoms with Gasteiger partial charge in [-0.3, -0.25) is 14.4 Å². The SMILES string of the molecule is CNC(=O)c1cccc(N2CC[C@](O)(C(=O)NCc3cc(F)cc(Cl)c3)C2=O)c1. The lowest BCUT2D eigenvalue weighted by Crippen LogP contribution is -2.52. The van der Waals surface area contributed by atoms with Crippen LogP contribution < -0.4 is 15.5 Å². The van der Waals surface area contributed by atoms with Crippen molar-refractivity contribution < 1.29 is 23.9 Å². The van der Waals surface area contributed by atoms with Gasteiger partial charge in [-0.05, 0) is 42.0 Å². The third kappa shape index (κ3) is 4.23. The molecule has 1 atom stereocenters. The van der Waals surface area contributed by atoms with Crippen LogP contribution in [0, 0.1) is 5.82 Å². The highest BCUT2D eigenvalue weighted by molar-refractivity contribution is 6.30. The Morgan fingerprint density at radius 1 is 1.28 bits per heavy atom. The van der Waals surface area contributed by atoms with Gasteiger partial charge in [0, 0.05) is 42.8 Å². The van der Waals surface area contributed by atoms with E-state index in [1.807, 2.05) is 0 Å². The molecular weight excluding hydrogens is 401 g/mol. The van der Waals surface area contributed by atoms with E-state index < -0.39 is 23.2 Å². The third-order valence-electron chi connectivity index (χ3n) is 4.69. The van der Waals surface area contributed by atoms with Gasteiger partial charge in [-0.1, -0.05) is 17.7 Å². The molecule has 3 amide bonds. The zero-order chi connectivity index (χ0) is 21.2.